The topological polar surface area (TPSA) is 136 Å². The van der Waals surface area contributed by atoms with Gasteiger partial charge >= 0.3 is 5.97 Å². The molecule has 0 unspecified atom stereocenters. The summed E-state index contributed by atoms with van der Waals surface area (Å²) in [5.74, 6) is -0.211. The van der Waals surface area contributed by atoms with Crippen molar-refractivity contribution in [1.29, 1.82) is 0 Å². The molecule has 0 bridgehead atoms. The maximum absolute atomic E-state index is 9.82. The van der Waals surface area contributed by atoms with Gasteiger partial charge in [-0.15, -0.1) is 0 Å². The molecule has 108 valence electrons. The van der Waals surface area contributed by atoms with Gasteiger partial charge in [0.25, 0.3) is 6.47 Å². The molecule has 0 aromatic rings. The second-order valence-corrected chi connectivity index (χ2v) is 2.11. The fourth-order valence-electron chi connectivity index (χ4n) is 0.361. The van der Waals surface area contributed by atoms with Gasteiger partial charge < -0.3 is 25.5 Å². The smallest absolute Gasteiger partial charge is 0.302 e. The summed E-state index contributed by atoms with van der Waals surface area (Å²) in [4.78, 5) is 18.2. The lowest BCUT2D eigenvalue weighted by Crippen LogP contribution is -1.95. The molecule has 0 saturated heterocycles. The number of aliphatic hydroxyl groups is 2. The van der Waals surface area contributed by atoms with Gasteiger partial charge in [-0.05, 0) is 13.3 Å². The fourth-order valence-corrected chi connectivity index (χ4v) is 0.361. The molecule has 0 radical (unpaired) electrons. The second kappa shape index (κ2) is 46.3. The Morgan fingerprint density at radius 2 is 1.65 bits per heavy atom. The monoisotopic (exact) mass is 258 g/mol. The highest BCUT2D eigenvalue weighted by atomic mass is 16.5. The van der Waals surface area contributed by atoms with Crippen LogP contribution >= 0.6 is 0 Å². The van der Waals surface area contributed by atoms with Crippen molar-refractivity contribution in [3.8, 4) is 0 Å². The Kier molecular flexibility index (Phi) is 80.8. The average molecular weight is 258 g/mol. The molecule has 0 aliphatic carbocycles. The number of unbranched alkanes of at least 4 members (excludes halogenated alkanes) is 1. The van der Waals surface area contributed by atoms with Gasteiger partial charge in [-0.2, -0.15) is 0 Å². The lowest BCUT2D eigenvalue weighted by Gasteiger charge is -1.89. The van der Waals surface area contributed by atoms with Crippen LogP contribution in [0.25, 0.3) is 0 Å². The van der Waals surface area contributed by atoms with E-state index in [4.69, 9.17) is 20.1 Å². The molecule has 7 heteroatoms. The van der Waals surface area contributed by atoms with E-state index in [2.05, 4.69) is 11.7 Å². The molecule has 5 N–H and O–H groups in total. The quantitative estimate of drug-likeness (QED) is 0.475. The zero-order valence-electron chi connectivity index (χ0n) is 11.0. The minimum atomic E-state index is -0.250. The van der Waals surface area contributed by atoms with Gasteiger partial charge in [0.15, 0.2) is 0 Å². The number of carbonyl (C=O) groups excluding carboxylic acids is 1. The van der Waals surface area contributed by atoms with E-state index in [-0.39, 0.29) is 17.9 Å². The van der Waals surface area contributed by atoms with Crippen LogP contribution in [0.2, 0.25) is 0 Å². The summed E-state index contributed by atoms with van der Waals surface area (Å²) in [6.07, 6.45) is 2.04. The molecule has 0 aromatic heterocycles. The van der Waals surface area contributed by atoms with E-state index in [0.717, 1.165) is 20.0 Å². The molecule has 0 amide bonds. The van der Waals surface area contributed by atoms with E-state index in [9.17, 15) is 4.79 Å². The van der Waals surface area contributed by atoms with Crippen LogP contribution in [-0.4, -0.2) is 53.6 Å². The van der Waals surface area contributed by atoms with Crippen LogP contribution in [0.4, 0.5) is 0 Å². The van der Waals surface area contributed by atoms with Crippen LogP contribution < -0.4 is 0 Å². The van der Waals surface area contributed by atoms with E-state index in [1.54, 1.807) is 6.92 Å². The first-order valence-corrected chi connectivity index (χ1v) is 4.87. The van der Waals surface area contributed by atoms with Crippen LogP contribution in [0, 0.1) is 0 Å². The number of carbonyl (C=O) groups is 2. The minimum Gasteiger partial charge on any atom is -0.483 e. The van der Waals surface area contributed by atoms with Gasteiger partial charge in [-0.25, -0.2) is 0 Å². The number of rotatable bonds is 3. The lowest BCUT2D eigenvalue weighted by atomic mass is 10.4. The number of hydrogen-bond donors (Lipinski definition) is 3. The summed E-state index contributed by atoms with van der Waals surface area (Å²) in [5.41, 5.74) is 0. The summed E-state index contributed by atoms with van der Waals surface area (Å²) in [6, 6.07) is 0. The summed E-state index contributed by atoms with van der Waals surface area (Å²) >= 11 is 0. The third-order valence-corrected chi connectivity index (χ3v) is 0.859. The van der Waals surface area contributed by atoms with E-state index < -0.39 is 0 Å². The summed E-state index contributed by atoms with van der Waals surface area (Å²) in [7, 11) is 1.00. The minimum absolute atomic E-state index is 0. The average Bonchev–Trinajstić information content (AvgIpc) is 2.24. The Hall–Kier alpha value is -1.18. The van der Waals surface area contributed by atoms with Crippen molar-refractivity contribution in [3.63, 3.8) is 0 Å². The highest BCUT2D eigenvalue weighted by Gasteiger charge is 1.81. The molecule has 0 fully saturated rings. The first kappa shape index (κ1) is 29.7. The number of esters is 1. The third-order valence-electron chi connectivity index (χ3n) is 0.859. The van der Waals surface area contributed by atoms with Gasteiger partial charge in [0, 0.05) is 20.6 Å². The molecule has 0 spiro atoms. The first-order valence-electron chi connectivity index (χ1n) is 4.87. The molecule has 0 saturated carbocycles. The predicted octanol–water partition coefficient (Wildman–Crippen LogP) is -0.167. The number of hydrogen-bond acceptors (Lipinski definition) is 5. The van der Waals surface area contributed by atoms with Crippen LogP contribution in [0.3, 0.4) is 0 Å². The van der Waals surface area contributed by atoms with Crippen LogP contribution in [0.1, 0.15) is 33.6 Å². The molecule has 0 aromatic carbocycles. The molecule has 0 atom stereocenters. The maximum Gasteiger partial charge on any atom is 0.302 e. The largest absolute Gasteiger partial charge is 0.483 e. The Balaban J connectivity index is -0.0000000399. The molecule has 0 heterocycles. The van der Waals surface area contributed by atoms with Crippen molar-refractivity contribution in [2.45, 2.75) is 33.6 Å². The van der Waals surface area contributed by atoms with E-state index in [0.29, 0.717) is 13.2 Å². The van der Waals surface area contributed by atoms with Crippen LogP contribution in [0.15, 0.2) is 0 Å². The number of ether oxygens (including phenoxy) is 1. The highest BCUT2D eigenvalue weighted by Crippen LogP contribution is 1.78. The zero-order valence-corrected chi connectivity index (χ0v) is 11.0. The number of carboxylic acid groups (broad SMARTS) is 1. The van der Waals surface area contributed by atoms with Gasteiger partial charge in [0.1, 0.15) is 0 Å². The molecule has 7 nitrogen and oxygen atoms in total. The predicted molar refractivity (Wildman–Crippen MR) is 64.8 cm³/mol. The summed E-state index contributed by atoms with van der Waals surface area (Å²) < 4.78 is 4.40. The Labute approximate surface area is 102 Å². The van der Waals surface area contributed by atoms with E-state index >= 15 is 0 Å². The first-order chi connectivity index (χ1) is 7.60. The van der Waals surface area contributed by atoms with E-state index in [1.807, 2.05) is 0 Å². The van der Waals surface area contributed by atoms with Crippen molar-refractivity contribution in [3.05, 3.63) is 0 Å². The van der Waals surface area contributed by atoms with Crippen molar-refractivity contribution in [2.75, 3.05) is 20.3 Å². The normalized spacial score (nSPS) is 6.24. The van der Waals surface area contributed by atoms with Crippen molar-refractivity contribution in [2.24, 2.45) is 0 Å². The Morgan fingerprint density at radius 1 is 1.29 bits per heavy atom. The maximum atomic E-state index is 9.82. The number of aliphatic hydroxyl groups excluding tert-OH is 2. The summed E-state index contributed by atoms with van der Waals surface area (Å²) in [5, 5.41) is 22.0. The van der Waals surface area contributed by atoms with Crippen molar-refractivity contribution < 1.29 is 35.1 Å². The molecule has 0 aliphatic heterocycles. The van der Waals surface area contributed by atoms with Gasteiger partial charge in [-0.1, -0.05) is 13.3 Å². The van der Waals surface area contributed by atoms with Crippen LogP contribution in [0.5, 0.6) is 0 Å². The van der Waals surface area contributed by atoms with Gasteiger partial charge in [0.05, 0.1) is 6.61 Å². The summed E-state index contributed by atoms with van der Waals surface area (Å²) in [6.45, 7) is 5.80. The Morgan fingerprint density at radius 3 is 1.65 bits per heavy atom. The highest BCUT2D eigenvalue weighted by molar-refractivity contribution is 5.65. The standard InChI is InChI=1S/C4H8O2.C4H10O.CH2O2.CH4O.H2O/c1-3-6-4(2)5;1-2-3-4-5;2-1-3;1-2;/h3H2,1-2H3;5H,2-4H2,1H3;1H,(H,2,3);2H,1H3;1H2. The van der Waals surface area contributed by atoms with Gasteiger partial charge in [0.2, 0.25) is 0 Å². The third kappa shape index (κ3) is 167. The fraction of sp³-hybridized carbons (Fsp3) is 0.800. The van der Waals surface area contributed by atoms with Crippen molar-refractivity contribution >= 4 is 12.4 Å². The second-order valence-electron chi connectivity index (χ2n) is 2.11. The molecular formula is C10H26O7. The molecule has 0 rings (SSSR count). The van der Waals surface area contributed by atoms with E-state index in [1.165, 1.54) is 6.92 Å². The Bertz CT molecular complexity index is 115. The molecule has 0 aliphatic rings. The van der Waals surface area contributed by atoms with Crippen LogP contribution in [-0.2, 0) is 14.3 Å². The van der Waals surface area contributed by atoms with Crippen molar-refractivity contribution in [1.82, 2.24) is 0 Å². The molecular weight excluding hydrogens is 232 g/mol. The SMILES string of the molecule is CCCCO.CCOC(C)=O.CO.O.O=CO. The van der Waals surface area contributed by atoms with Gasteiger partial charge in [-0.3, -0.25) is 9.59 Å². The lowest BCUT2D eigenvalue weighted by molar-refractivity contribution is -0.140. The zero-order chi connectivity index (χ0) is 13.8. The molecule has 17 heavy (non-hydrogen) atoms.